The lowest BCUT2D eigenvalue weighted by Crippen LogP contribution is -2.49. The molecule has 25 heavy (non-hydrogen) atoms. The van der Waals surface area contributed by atoms with Gasteiger partial charge in [-0.15, -0.1) is 0 Å². The lowest BCUT2D eigenvalue weighted by Gasteiger charge is -2.32. The first kappa shape index (κ1) is 17.6. The van der Waals surface area contributed by atoms with Crippen LogP contribution in [-0.4, -0.2) is 67.3 Å². The number of hydrogen-bond acceptors (Lipinski definition) is 3. The van der Waals surface area contributed by atoms with E-state index in [1.54, 1.807) is 0 Å². The second kappa shape index (κ2) is 8.26. The summed E-state index contributed by atoms with van der Waals surface area (Å²) in [6, 6.07) is 0.492. The summed E-state index contributed by atoms with van der Waals surface area (Å²) in [6.07, 6.45) is 11.8. The highest BCUT2D eigenvalue weighted by atomic mass is 16.5. The van der Waals surface area contributed by atoms with Gasteiger partial charge in [0.2, 0.25) is 0 Å². The van der Waals surface area contributed by atoms with E-state index in [9.17, 15) is 4.79 Å². The molecule has 0 bridgehead atoms. The number of nitrogens with zero attached hydrogens (tertiary/aromatic N) is 2. The third kappa shape index (κ3) is 5.10. The first-order valence-corrected chi connectivity index (χ1v) is 10.7. The molecule has 2 amide bonds. The Bertz CT molecular complexity index is 440. The number of carbonyl (C=O) groups is 1. The van der Waals surface area contributed by atoms with Gasteiger partial charge in [0.25, 0.3) is 0 Å². The molecule has 1 atom stereocenters. The molecule has 0 radical (unpaired) electrons. The quantitative estimate of drug-likeness (QED) is 0.802. The fourth-order valence-electron chi connectivity index (χ4n) is 4.72. The van der Waals surface area contributed by atoms with Gasteiger partial charge in [-0.05, 0) is 56.8 Å². The number of urea groups is 1. The molecule has 5 nitrogen and oxygen atoms in total. The Morgan fingerprint density at radius 2 is 1.68 bits per heavy atom. The fourth-order valence-corrected chi connectivity index (χ4v) is 4.72. The molecule has 0 aromatic carbocycles. The zero-order chi connectivity index (χ0) is 17.1. The predicted molar refractivity (Wildman–Crippen MR) is 98.6 cm³/mol. The average Bonchev–Trinajstić information content (AvgIpc) is 3.12. The van der Waals surface area contributed by atoms with Gasteiger partial charge in [-0.2, -0.15) is 0 Å². The number of ether oxygens (including phenoxy) is 1. The smallest absolute Gasteiger partial charge is 0.317 e. The van der Waals surface area contributed by atoms with Crippen molar-refractivity contribution in [2.75, 3.05) is 39.3 Å². The maximum Gasteiger partial charge on any atom is 0.317 e. The van der Waals surface area contributed by atoms with Crippen molar-refractivity contribution in [1.29, 1.82) is 0 Å². The molecule has 0 aromatic heterocycles. The van der Waals surface area contributed by atoms with E-state index in [2.05, 4.69) is 10.2 Å². The standard InChI is InChI=1S/C20H35N3O2/c24-20(23-11-8-19(9-12-23)25-15-17-5-6-17)21-18-7-10-22(14-18)13-16-3-1-2-4-16/h16-19H,1-15H2,(H,21,24)/t18-/m1/s1. The summed E-state index contributed by atoms with van der Waals surface area (Å²) in [7, 11) is 0. The van der Waals surface area contributed by atoms with Gasteiger partial charge in [-0.1, -0.05) is 12.8 Å². The monoisotopic (exact) mass is 349 g/mol. The number of amides is 2. The SMILES string of the molecule is O=C(N[C@@H]1CCN(CC2CCCC2)C1)N1CCC(OCC2CC2)CC1. The number of likely N-dealkylation sites (tertiary alicyclic amines) is 2. The molecule has 4 aliphatic rings. The van der Waals surface area contributed by atoms with E-state index in [0.29, 0.717) is 12.1 Å². The van der Waals surface area contributed by atoms with Crippen LogP contribution in [0.4, 0.5) is 4.79 Å². The van der Waals surface area contributed by atoms with E-state index in [4.69, 9.17) is 4.74 Å². The molecule has 2 saturated heterocycles. The molecule has 2 heterocycles. The Morgan fingerprint density at radius 1 is 0.920 bits per heavy atom. The molecule has 4 rings (SSSR count). The van der Waals surface area contributed by atoms with Crippen LogP contribution in [0.25, 0.3) is 0 Å². The lowest BCUT2D eigenvalue weighted by molar-refractivity contribution is 0.00931. The molecular weight excluding hydrogens is 314 g/mol. The molecule has 142 valence electrons. The number of rotatable bonds is 6. The van der Waals surface area contributed by atoms with Gasteiger partial charge in [0, 0.05) is 45.4 Å². The third-order valence-electron chi connectivity index (χ3n) is 6.58. The van der Waals surface area contributed by atoms with Crippen molar-refractivity contribution < 1.29 is 9.53 Å². The average molecular weight is 350 g/mol. The first-order chi connectivity index (χ1) is 12.3. The highest BCUT2D eigenvalue weighted by molar-refractivity contribution is 5.74. The van der Waals surface area contributed by atoms with Crippen LogP contribution in [0.1, 0.15) is 57.8 Å². The summed E-state index contributed by atoms with van der Waals surface area (Å²) < 4.78 is 5.98. The molecule has 0 spiro atoms. The van der Waals surface area contributed by atoms with Crippen LogP contribution in [0.2, 0.25) is 0 Å². The van der Waals surface area contributed by atoms with E-state index in [0.717, 1.165) is 63.9 Å². The van der Waals surface area contributed by atoms with Gasteiger partial charge in [-0.25, -0.2) is 4.79 Å². The molecule has 4 fully saturated rings. The van der Waals surface area contributed by atoms with Gasteiger partial charge < -0.3 is 19.9 Å². The lowest BCUT2D eigenvalue weighted by atomic mass is 10.1. The van der Waals surface area contributed by atoms with Crippen molar-refractivity contribution in [1.82, 2.24) is 15.1 Å². The Balaban J connectivity index is 1.13. The minimum Gasteiger partial charge on any atom is -0.378 e. The van der Waals surface area contributed by atoms with Gasteiger partial charge in [0.05, 0.1) is 6.10 Å². The molecule has 5 heteroatoms. The van der Waals surface area contributed by atoms with Gasteiger partial charge in [0.15, 0.2) is 0 Å². The van der Waals surface area contributed by atoms with E-state index in [-0.39, 0.29) is 6.03 Å². The van der Waals surface area contributed by atoms with Crippen molar-refractivity contribution >= 4 is 6.03 Å². The summed E-state index contributed by atoms with van der Waals surface area (Å²) in [5.41, 5.74) is 0. The number of carbonyl (C=O) groups excluding carboxylic acids is 1. The summed E-state index contributed by atoms with van der Waals surface area (Å²) >= 11 is 0. The van der Waals surface area contributed by atoms with Crippen molar-refractivity contribution in [3.8, 4) is 0 Å². The third-order valence-corrected chi connectivity index (χ3v) is 6.58. The van der Waals surface area contributed by atoms with Crippen LogP contribution in [0.3, 0.4) is 0 Å². The summed E-state index contributed by atoms with van der Waals surface area (Å²) in [5.74, 6) is 1.74. The van der Waals surface area contributed by atoms with Crippen molar-refractivity contribution in [3.63, 3.8) is 0 Å². The minimum absolute atomic E-state index is 0.147. The summed E-state index contributed by atoms with van der Waals surface area (Å²) in [5, 5.41) is 3.28. The molecule has 1 N–H and O–H groups in total. The molecule has 2 aliphatic heterocycles. The zero-order valence-corrected chi connectivity index (χ0v) is 15.6. The predicted octanol–water partition coefficient (Wildman–Crippen LogP) is 2.85. The number of piperidine rings is 1. The Hall–Kier alpha value is -0.810. The second-order valence-electron chi connectivity index (χ2n) is 8.81. The van der Waals surface area contributed by atoms with Crippen LogP contribution >= 0.6 is 0 Å². The van der Waals surface area contributed by atoms with Gasteiger partial charge in [0.1, 0.15) is 0 Å². The van der Waals surface area contributed by atoms with E-state index in [1.165, 1.54) is 45.1 Å². The normalized spacial score (nSPS) is 29.4. The van der Waals surface area contributed by atoms with Gasteiger partial charge >= 0.3 is 6.03 Å². The maximum atomic E-state index is 12.5. The molecule has 0 aromatic rings. The largest absolute Gasteiger partial charge is 0.378 e. The van der Waals surface area contributed by atoms with Gasteiger partial charge in [-0.3, -0.25) is 0 Å². The fraction of sp³-hybridized carbons (Fsp3) is 0.950. The van der Waals surface area contributed by atoms with Crippen LogP contribution in [-0.2, 0) is 4.74 Å². The van der Waals surface area contributed by atoms with Crippen molar-refractivity contribution in [2.45, 2.75) is 69.9 Å². The van der Waals surface area contributed by atoms with Crippen LogP contribution in [0, 0.1) is 11.8 Å². The second-order valence-corrected chi connectivity index (χ2v) is 8.81. The molecular formula is C20H35N3O2. The molecule has 2 aliphatic carbocycles. The van der Waals surface area contributed by atoms with E-state index in [1.807, 2.05) is 4.90 Å². The first-order valence-electron chi connectivity index (χ1n) is 10.7. The topological polar surface area (TPSA) is 44.8 Å². The Labute approximate surface area is 152 Å². The zero-order valence-electron chi connectivity index (χ0n) is 15.6. The minimum atomic E-state index is 0.147. The van der Waals surface area contributed by atoms with E-state index < -0.39 is 0 Å². The Kier molecular flexibility index (Phi) is 5.81. The summed E-state index contributed by atoms with van der Waals surface area (Å²) in [6.45, 7) is 6.08. The number of hydrogen-bond donors (Lipinski definition) is 1. The number of nitrogens with one attached hydrogen (secondary N) is 1. The van der Waals surface area contributed by atoms with Crippen LogP contribution in [0.15, 0.2) is 0 Å². The van der Waals surface area contributed by atoms with E-state index >= 15 is 0 Å². The Morgan fingerprint density at radius 3 is 2.40 bits per heavy atom. The molecule has 0 unspecified atom stereocenters. The van der Waals surface area contributed by atoms with Crippen LogP contribution in [0.5, 0.6) is 0 Å². The highest BCUT2D eigenvalue weighted by Crippen LogP contribution is 2.30. The maximum absolute atomic E-state index is 12.5. The molecule has 2 saturated carbocycles. The van der Waals surface area contributed by atoms with Crippen molar-refractivity contribution in [3.05, 3.63) is 0 Å². The van der Waals surface area contributed by atoms with Crippen molar-refractivity contribution in [2.24, 2.45) is 11.8 Å². The highest BCUT2D eigenvalue weighted by Gasteiger charge is 2.30. The van der Waals surface area contributed by atoms with Crippen LogP contribution < -0.4 is 5.32 Å². The summed E-state index contributed by atoms with van der Waals surface area (Å²) in [4.78, 5) is 17.1.